The highest BCUT2D eigenvalue weighted by Gasteiger charge is 1.84. The molecule has 0 saturated heterocycles. The summed E-state index contributed by atoms with van der Waals surface area (Å²) in [7, 11) is 0. The van der Waals surface area contributed by atoms with E-state index in [9.17, 15) is 0 Å². The van der Waals surface area contributed by atoms with Gasteiger partial charge in [0.25, 0.3) is 0 Å². The molecule has 50 valence electrons. The molecule has 0 aliphatic rings. The Kier molecular flexibility index (Phi) is 3.21. The molecule has 0 aromatic heterocycles. The minimum Gasteiger partial charge on any atom is -0.0622 e. The van der Waals surface area contributed by atoms with Crippen LogP contribution in [0, 0.1) is 10.6 Å². The first-order chi connectivity index (χ1) is 4.93. The van der Waals surface area contributed by atoms with Gasteiger partial charge < -0.3 is 0 Å². The topological polar surface area (TPSA) is 0 Å². The fourth-order valence-electron chi connectivity index (χ4n) is 0.567. The van der Waals surface area contributed by atoms with E-state index in [1.165, 1.54) is 11.8 Å². The van der Waals surface area contributed by atoms with Crippen molar-refractivity contribution in [3.05, 3.63) is 30.3 Å². The number of benzene rings is 1. The second-order valence-electron chi connectivity index (χ2n) is 1.61. The van der Waals surface area contributed by atoms with Gasteiger partial charge in [-0.05, 0) is 40.7 Å². The zero-order valence-electron chi connectivity index (χ0n) is 5.17. The lowest BCUT2D eigenvalue weighted by molar-refractivity contribution is 1.48. The first-order valence-corrected chi connectivity index (χ1v) is 3.95. The van der Waals surface area contributed by atoms with Gasteiger partial charge in [-0.1, -0.05) is 18.2 Å². The van der Waals surface area contributed by atoms with Crippen LogP contribution in [0.1, 0.15) is 0 Å². The van der Waals surface area contributed by atoms with E-state index in [-0.39, 0.29) is 0 Å². The van der Waals surface area contributed by atoms with Crippen molar-refractivity contribution in [3.63, 3.8) is 0 Å². The maximum absolute atomic E-state index is 5.17. The van der Waals surface area contributed by atoms with Gasteiger partial charge in [0.1, 0.15) is 0 Å². The lowest BCUT2D eigenvalue weighted by Crippen LogP contribution is -1.63. The molecule has 0 amide bonds. The maximum atomic E-state index is 5.17. The molecule has 0 atom stereocenters. The molecule has 0 spiro atoms. The van der Waals surface area contributed by atoms with Gasteiger partial charge in [-0.3, -0.25) is 0 Å². The van der Waals surface area contributed by atoms with E-state index in [2.05, 4.69) is 10.6 Å². The van der Waals surface area contributed by atoms with Crippen LogP contribution in [-0.4, -0.2) is 0 Å². The molecular formula is C8H5ClS. The summed E-state index contributed by atoms with van der Waals surface area (Å²) in [6, 6.07) is 9.90. The number of rotatable bonds is 1. The number of hydrogen-bond acceptors (Lipinski definition) is 1. The van der Waals surface area contributed by atoms with Crippen molar-refractivity contribution in [2.24, 2.45) is 0 Å². The summed E-state index contributed by atoms with van der Waals surface area (Å²) in [5.41, 5.74) is 0. The fourth-order valence-corrected chi connectivity index (χ4v) is 1.13. The lowest BCUT2D eigenvalue weighted by Gasteiger charge is -1.88. The van der Waals surface area contributed by atoms with Crippen LogP contribution in [-0.2, 0) is 0 Å². The fraction of sp³-hybridized carbons (Fsp3) is 0. The highest BCUT2D eigenvalue weighted by Crippen LogP contribution is 2.14. The molecule has 0 saturated carbocycles. The maximum Gasteiger partial charge on any atom is 0.0203 e. The Balaban J connectivity index is 2.64. The number of thioether (sulfide) groups is 1. The molecular weight excluding hydrogens is 164 g/mol. The Morgan fingerprint density at radius 1 is 1.20 bits per heavy atom. The van der Waals surface area contributed by atoms with Crippen LogP contribution < -0.4 is 0 Å². The van der Waals surface area contributed by atoms with Crippen molar-refractivity contribution in [2.45, 2.75) is 4.90 Å². The zero-order chi connectivity index (χ0) is 7.23. The Morgan fingerprint density at radius 2 is 1.90 bits per heavy atom. The number of halogens is 1. The Bertz CT molecular complexity index is 245. The average Bonchev–Trinajstić information content (AvgIpc) is 2.03. The van der Waals surface area contributed by atoms with Crippen molar-refractivity contribution in [3.8, 4) is 10.6 Å². The molecule has 0 aliphatic carbocycles. The Morgan fingerprint density at radius 3 is 2.50 bits per heavy atom. The summed E-state index contributed by atoms with van der Waals surface area (Å²) in [4.78, 5) is 1.12. The van der Waals surface area contributed by atoms with Gasteiger partial charge in [-0.25, -0.2) is 0 Å². The third-order valence-electron chi connectivity index (χ3n) is 0.951. The Hall–Kier alpha value is -0.580. The van der Waals surface area contributed by atoms with Crippen LogP contribution in [0.15, 0.2) is 35.2 Å². The summed E-state index contributed by atoms with van der Waals surface area (Å²) in [5, 5.41) is 5.00. The summed E-state index contributed by atoms with van der Waals surface area (Å²) < 4.78 is 0. The molecule has 0 nitrogen and oxygen atoms in total. The molecule has 0 radical (unpaired) electrons. The normalized spacial score (nSPS) is 8.10. The van der Waals surface area contributed by atoms with Gasteiger partial charge in [0.05, 0.1) is 0 Å². The van der Waals surface area contributed by atoms with Crippen molar-refractivity contribution in [2.75, 3.05) is 0 Å². The molecule has 0 aliphatic heterocycles. The molecule has 0 unspecified atom stereocenters. The second-order valence-corrected chi connectivity index (χ2v) is 2.68. The van der Waals surface area contributed by atoms with Gasteiger partial charge in [0.2, 0.25) is 0 Å². The van der Waals surface area contributed by atoms with E-state index in [4.69, 9.17) is 11.6 Å². The van der Waals surface area contributed by atoms with E-state index in [0.717, 1.165) is 4.90 Å². The second kappa shape index (κ2) is 4.27. The van der Waals surface area contributed by atoms with Gasteiger partial charge in [-0.2, -0.15) is 0 Å². The minimum atomic E-state index is 1.12. The van der Waals surface area contributed by atoms with Gasteiger partial charge in [0.15, 0.2) is 0 Å². The predicted molar refractivity (Wildman–Crippen MR) is 45.9 cm³/mol. The largest absolute Gasteiger partial charge is 0.0622 e. The molecule has 2 heteroatoms. The van der Waals surface area contributed by atoms with Crippen LogP contribution in [0.2, 0.25) is 0 Å². The molecule has 1 rings (SSSR count). The summed E-state index contributed by atoms with van der Waals surface area (Å²) in [6.07, 6.45) is 0. The van der Waals surface area contributed by atoms with Crippen LogP contribution >= 0.6 is 23.4 Å². The predicted octanol–water partition coefficient (Wildman–Crippen LogP) is 2.94. The molecule has 0 fully saturated rings. The van der Waals surface area contributed by atoms with E-state index < -0.39 is 0 Å². The average molecular weight is 169 g/mol. The summed E-state index contributed by atoms with van der Waals surface area (Å²) >= 11 is 6.60. The first kappa shape index (κ1) is 7.53. The first-order valence-electron chi connectivity index (χ1n) is 2.76. The number of hydrogen-bond donors (Lipinski definition) is 0. The molecule has 1 aromatic rings. The SMILES string of the molecule is ClC#CSc1ccccc1. The summed E-state index contributed by atoms with van der Waals surface area (Å²) in [6.45, 7) is 0. The standard InChI is InChI=1S/C8H5ClS/c9-6-7-10-8-4-2-1-3-5-8/h1-5H. The smallest absolute Gasteiger partial charge is 0.0203 e. The van der Waals surface area contributed by atoms with Gasteiger partial charge >= 0.3 is 0 Å². The zero-order valence-corrected chi connectivity index (χ0v) is 6.75. The quantitative estimate of drug-likeness (QED) is 0.459. The van der Waals surface area contributed by atoms with Crippen LogP contribution in [0.5, 0.6) is 0 Å². The van der Waals surface area contributed by atoms with Crippen molar-refractivity contribution in [1.82, 2.24) is 0 Å². The minimum absolute atomic E-state index is 1.12. The third kappa shape index (κ3) is 2.34. The lowest BCUT2D eigenvalue weighted by atomic mass is 10.4. The van der Waals surface area contributed by atoms with E-state index in [1.54, 1.807) is 0 Å². The van der Waals surface area contributed by atoms with Crippen LogP contribution in [0.4, 0.5) is 0 Å². The molecule has 0 N–H and O–H groups in total. The monoisotopic (exact) mass is 168 g/mol. The molecule has 0 heterocycles. The highest BCUT2D eigenvalue weighted by atomic mass is 35.5. The van der Waals surface area contributed by atoms with E-state index in [0.29, 0.717) is 0 Å². The van der Waals surface area contributed by atoms with Crippen molar-refractivity contribution < 1.29 is 0 Å². The van der Waals surface area contributed by atoms with Gasteiger partial charge in [-0.15, -0.1) is 0 Å². The molecule has 0 bridgehead atoms. The van der Waals surface area contributed by atoms with E-state index in [1.807, 2.05) is 30.3 Å². The van der Waals surface area contributed by atoms with Crippen molar-refractivity contribution >= 4 is 23.4 Å². The van der Waals surface area contributed by atoms with Crippen LogP contribution in [0.25, 0.3) is 0 Å². The highest BCUT2D eigenvalue weighted by molar-refractivity contribution is 8.04. The summed E-state index contributed by atoms with van der Waals surface area (Å²) in [5.74, 6) is 0. The molecule has 1 aromatic carbocycles. The van der Waals surface area contributed by atoms with Crippen molar-refractivity contribution in [1.29, 1.82) is 0 Å². The molecule has 10 heavy (non-hydrogen) atoms. The van der Waals surface area contributed by atoms with Crippen LogP contribution in [0.3, 0.4) is 0 Å². The van der Waals surface area contributed by atoms with E-state index >= 15 is 0 Å². The van der Waals surface area contributed by atoms with Gasteiger partial charge in [0, 0.05) is 10.3 Å². The third-order valence-corrected chi connectivity index (χ3v) is 1.87. The Labute approximate surface area is 69.6 Å².